The highest BCUT2D eigenvalue weighted by Gasteiger charge is 2.26. The summed E-state index contributed by atoms with van der Waals surface area (Å²) in [5, 5.41) is 2.39. The number of ether oxygens (including phenoxy) is 1. The lowest BCUT2D eigenvalue weighted by molar-refractivity contribution is -0.131. The van der Waals surface area contributed by atoms with E-state index < -0.39 is 5.97 Å². The molecule has 1 amide bonds. The number of hydrogen-bond acceptors (Lipinski definition) is 9. The normalized spacial score (nSPS) is 14.3. The lowest BCUT2D eigenvalue weighted by Gasteiger charge is -2.35. The van der Waals surface area contributed by atoms with E-state index in [1.807, 2.05) is 21.9 Å². The van der Waals surface area contributed by atoms with Crippen molar-refractivity contribution < 1.29 is 18.7 Å². The Balaban J connectivity index is 1.48. The molecule has 1 saturated heterocycles. The summed E-state index contributed by atoms with van der Waals surface area (Å²) in [7, 11) is 0. The third kappa shape index (κ3) is 4.09. The SMILES string of the molecule is CCOC(=O)c1csc2nc(N)nc(N3CCN(C(=O)CCc4ccco4)CC3)c12. The number of aryl methyl sites for hydroxylation is 1. The maximum atomic E-state index is 12.5. The Hall–Kier alpha value is -3.14. The van der Waals surface area contributed by atoms with E-state index >= 15 is 0 Å². The molecule has 3 aromatic heterocycles. The number of carbonyl (C=O) groups excluding carboxylic acids is 2. The molecule has 3 aromatic rings. The van der Waals surface area contributed by atoms with Crippen molar-refractivity contribution >= 4 is 45.2 Å². The number of fused-ring (bicyclic) bond motifs is 1. The number of amides is 1. The first-order chi connectivity index (χ1) is 14.6. The summed E-state index contributed by atoms with van der Waals surface area (Å²) < 4.78 is 10.5. The molecule has 9 nitrogen and oxygen atoms in total. The number of esters is 1. The Morgan fingerprint density at radius 1 is 1.27 bits per heavy atom. The Labute approximate surface area is 177 Å². The van der Waals surface area contributed by atoms with Crippen molar-refractivity contribution in [3.05, 3.63) is 35.1 Å². The number of carbonyl (C=O) groups is 2. The predicted octanol–water partition coefficient (Wildman–Crippen LogP) is 2.32. The van der Waals surface area contributed by atoms with Gasteiger partial charge < -0.3 is 24.7 Å². The summed E-state index contributed by atoms with van der Waals surface area (Å²) >= 11 is 1.34. The molecule has 30 heavy (non-hydrogen) atoms. The average molecular weight is 430 g/mol. The van der Waals surface area contributed by atoms with Crippen LogP contribution in [-0.4, -0.2) is 59.5 Å². The van der Waals surface area contributed by atoms with Gasteiger partial charge in [-0.15, -0.1) is 11.3 Å². The molecule has 0 radical (unpaired) electrons. The zero-order chi connectivity index (χ0) is 21.1. The van der Waals surface area contributed by atoms with Crippen LogP contribution in [0.2, 0.25) is 0 Å². The molecule has 4 heterocycles. The monoisotopic (exact) mass is 429 g/mol. The highest BCUT2D eigenvalue weighted by molar-refractivity contribution is 7.17. The second kappa shape index (κ2) is 8.70. The summed E-state index contributed by atoms with van der Waals surface area (Å²) in [5.41, 5.74) is 6.35. The van der Waals surface area contributed by atoms with Crippen LogP contribution in [0.5, 0.6) is 0 Å². The van der Waals surface area contributed by atoms with Crippen molar-refractivity contribution in [2.45, 2.75) is 19.8 Å². The molecule has 0 atom stereocenters. The van der Waals surface area contributed by atoms with Gasteiger partial charge in [-0.2, -0.15) is 4.98 Å². The van der Waals surface area contributed by atoms with Gasteiger partial charge in [0.25, 0.3) is 0 Å². The van der Waals surface area contributed by atoms with Gasteiger partial charge in [-0.1, -0.05) is 0 Å². The maximum absolute atomic E-state index is 12.5. The van der Waals surface area contributed by atoms with Gasteiger partial charge in [0.15, 0.2) is 0 Å². The van der Waals surface area contributed by atoms with E-state index in [2.05, 4.69) is 9.97 Å². The third-order valence-corrected chi connectivity index (χ3v) is 5.90. The molecule has 1 fully saturated rings. The van der Waals surface area contributed by atoms with Crippen LogP contribution < -0.4 is 10.6 Å². The van der Waals surface area contributed by atoms with Crippen molar-refractivity contribution in [1.29, 1.82) is 0 Å². The van der Waals surface area contributed by atoms with Crippen molar-refractivity contribution in [3.8, 4) is 0 Å². The molecule has 0 spiro atoms. The summed E-state index contributed by atoms with van der Waals surface area (Å²) in [6, 6.07) is 3.69. The van der Waals surface area contributed by atoms with Crippen molar-refractivity contribution in [3.63, 3.8) is 0 Å². The van der Waals surface area contributed by atoms with Crippen molar-refractivity contribution in [1.82, 2.24) is 14.9 Å². The first-order valence-electron chi connectivity index (χ1n) is 9.83. The first kappa shape index (κ1) is 20.1. The van der Waals surface area contributed by atoms with E-state index in [9.17, 15) is 9.59 Å². The van der Waals surface area contributed by atoms with Gasteiger partial charge in [-0.25, -0.2) is 9.78 Å². The van der Waals surface area contributed by atoms with E-state index in [1.165, 1.54) is 11.3 Å². The highest BCUT2D eigenvalue weighted by atomic mass is 32.1. The first-order valence-corrected chi connectivity index (χ1v) is 10.7. The molecular formula is C20H23N5O4S. The van der Waals surface area contributed by atoms with Crippen LogP contribution in [0.15, 0.2) is 28.2 Å². The van der Waals surface area contributed by atoms with Gasteiger partial charge >= 0.3 is 5.97 Å². The topological polar surface area (TPSA) is 115 Å². The number of aromatic nitrogens is 2. The van der Waals surface area contributed by atoms with Gasteiger partial charge in [0, 0.05) is 44.4 Å². The number of thiophene rings is 1. The third-order valence-electron chi connectivity index (χ3n) is 5.02. The molecular weight excluding hydrogens is 406 g/mol. The second-order valence-electron chi connectivity index (χ2n) is 6.90. The Bertz CT molecular complexity index is 1040. The van der Waals surface area contributed by atoms with Crippen LogP contribution in [0.25, 0.3) is 10.2 Å². The smallest absolute Gasteiger partial charge is 0.339 e. The molecule has 10 heteroatoms. The van der Waals surface area contributed by atoms with Crippen molar-refractivity contribution in [2.75, 3.05) is 43.4 Å². The zero-order valence-corrected chi connectivity index (χ0v) is 17.5. The van der Waals surface area contributed by atoms with Gasteiger partial charge in [0.1, 0.15) is 16.4 Å². The average Bonchev–Trinajstić information content (AvgIpc) is 3.41. The maximum Gasteiger partial charge on any atom is 0.339 e. The second-order valence-corrected chi connectivity index (χ2v) is 7.76. The molecule has 0 aliphatic carbocycles. The van der Waals surface area contributed by atoms with Crippen LogP contribution in [0.3, 0.4) is 0 Å². The standard InChI is InChI=1S/C20H23N5O4S/c1-2-28-19(27)14-12-30-18-16(14)17(22-20(21)23-18)25-9-7-24(8-10-25)15(26)6-5-13-4-3-11-29-13/h3-4,11-12H,2,5-10H2,1H3,(H2,21,22,23). The van der Waals surface area contributed by atoms with E-state index in [-0.39, 0.29) is 11.9 Å². The fraction of sp³-hybridized carbons (Fsp3) is 0.400. The van der Waals surface area contributed by atoms with Crippen LogP contribution in [0, 0.1) is 0 Å². The number of furan rings is 1. The summed E-state index contributed by atoms with van der Waals surface area (Å²) in [5.74, 6) is 1.28. The molecule has 0 unspecified atom stereocenters. The molecule has 1 aliphatic rings. The molecule has 4 rings (SSSR count). The molecule has 0 saturated carbocycles. The van der Waals surface area contributed by atoms with Crippen LogP contribution in [0.1, 0.15) is 29.5 Å². The Kier molecular flexibility index (Phi) is 5.84. The van der Waals surface area contributed by atoms with Gasteiger partial charge in [-0.05, 0) is 19.1 Å². The molecule has 2 N–H and O–H groups in total. The van der Waals surface area contributed by atoms with Gasteiger partial charge in [0.2, 0.25) is 11.9 Å². The number of piperazine rings is 1. The van der Waals surface area contributed by atoms with Crippen LogP contribution >= 0.6 is 11.3 Å². The van der Waals surface area contributed by atoms with Gasteiger partial charge in [0.05, 0.1) is 23.8 Å². The number of anilines is 2. The largest absolute Gasteiger partial charge is 0.469 e. The highest BCUT2D eigenvalue weighted by Crippen LogP contribution is 2.33. The summed E-state index contributed by atoms with van der Waals surface area (Å²) in [6.45, 7) is 4.39. The van der Waals surface area contributed by atoms with E-state index in [0.29, 0.717) is 67.2 Å². The molecule has 0 bridgehead atoms. The van der Waals surface area contributed by atoms with E-state index in [1.54, 1.807) is 18.6 Å². The minimum atomic E-state index is -0.398. The fourth-order valence-electron chi connectivity index (χ4n) is 3.54. The Morgan fingerprint density at radius 2 is 2.07 bits per heavy atom. The molecule has 1 aliphatic heterocycles. The zero-order valence-electron chi connectivity index (χ0n) is 16.7. The molecule has 0 aromatic carbocycles. The van der Waals surface area contributed by atoms with Crippen LogP contribution in [-0.2, 0) is 16.0 Å². The van der Waals surface area contributed by atoms with Crippen LogP contribution in [0.4, 0.5) is 11.8 Å². The molecule has 158 valence electrons. The number of nitrogens with zero attached hydrogens (tertiary/aromatic N) is 4. The minimum Gasteiger partial charge on any atom is -0.469 e. The Morgan fingerprint density at radius 3 is 2.77 bits per heavy atom. The quantitative estimate of drug-likeness (QED) is 0.594. The fourth-order valence-corrected chi connectivity index (χ4v) is 4.45. The minimum absolute atomic E-state index is 0.0983. The number of nitrogens with two attached hydrogens (primary N) is 1. The summed E-state index contributed by atoms with van der Waals surface area (Å²) in [6.07, 6.45) is 2.62. The number of rotatable bonds is 6. The lowest BCUT2D eigenvalue weighted by Crippen LogP contribution is -2.49. The van der Waals surface area contributed by atoms with Crippen molar-refractivity contribution in [2.24, 2.45) is 0 Å². The number of hydrogen-bond donors (Lipinski definition) is 1. The van der Waals surface area contributed by atoms with E-state index in [0.717, 1.165) is 5.76 Å². The van der Waals surface area contributed by atoms with E-state index in [4.69, 9.17) is 14.9 Å². The number of nitrogen functional groups attached to an aromatic ring is 1. The predicted molar refractivity (Wildman–Crippen MR) is 114 cm³/mol. The summed E-state index contributed by atoms with van der Waals surface area (Å²) in [4.78, 5) is 38.1. The van der Waals surface area contributed by atoms with Gasteiger partial charge in [-0.3, -0.25) is 4.79 Å². The lowest BCUT2D eigenvalue weighted by atomic mass is 10.2.